The van der Waals surface area contributed by atoms with Crippen LogP contribution in [0.2, 0.25) is 0 Å². The van der Waals surface area contributed by atoms with Crippen LogP contribution < -0.4 is 0 Å². The number of rotatable bonds is 9. The number of carbonyl (C=O) groups is 2. The predicted molar refractivity (Wildman–Crippen MR) is 86.0 cm³/mol. The van der Waals surface area contributed by atoms with Crippen molar-refractivity contribution in [2.45, 2.75) is 46.5 Å². The van der Waals surface area contributed by atoms with E-state index in [0.717, 1.165) is 25.7 Å². The zero-order valence-electron chi connectivity index (χ0n) is 13.8. The van der Waals surface area contributed by atoms with E-state index in [1.54, 1.807) is 24.3 Å². The Kier molecular flexibility index (Phi) is 8.26. The maximum atomic E-state index is 11.8. The van der Waals surface area contributed by atoms with Gasteiger partial charge in [0.25, 0.3) is 0 Å². The zero-order chi connectivity index (χ0) is 16.4. The Bertz CT molecular complexity index is 462. The minimum absolute atomic E-state index is 0.351. The average Bonchev–Trinajstić information content (AvgIpc) is 2.51. The van der Waals surface area contributed by atoms with Gasteiger partial charge in [-0.15, -0.1) is 0 Å². The minimum atomic E-state index is -0.358. The van der Waals surface area contributed by atoms with E-state index in [9.17, 15) is 9.59 Å². The zero-order valence-corrected chi connectivity index (χ0v) is 13.8. The first-order valence-corrected chi connectivity index (χ1v) is 7.99. The van der Waals surface area contributed by atoms with Crippen LogP contribution in [-0.4, -0.2) is 25.2 Å². The second-order valence-corrected chi connectivity index (χ2v) is 5.74. The molecule has 0 aliphatic carbocycles. The normalized spacial score (nSPS) is 10.5. The Morgan fingerprint density at radius 3 is 1.86 bits per heavy atom. The number of unbranched alkanes of at least 4 members (excludes halogenated alkanes) is 2. The van der Waals surface area contributed by atoms with E-state index in [2.05, 4.69) is 20.8 Å². The van der Waals surface area contributed by atoms with Crippen LogP contribution >= 0.6 is 0 Å². The van der Waals surface area contributed by atoms with Crippen molar-refractivity contribution in [3.05, 3.63) is 35.4 Å². The first kappa shape index (κ1) is 18.2. The Labute approximate surface area is 132 Å². The van der Waals surface area contributed by atoms with Gasteiger partial charge in [-0.3, -0.25) is 0 Å². The van der Waals surface area contributed by atoms with Crippen LogP contribution in [0.4, 0.5) is 0 Å². The van der Waals surface area contributed by atoms with Crippen LogP contribution in [-0.2, 0) is 9.47 Å². The highest BCUT2D eigenvalue weighted by Crippen LogP contribution is 2.09. The van der Waals surface area contributed by atoms with Gasteiger partial charge in [0, 0.05) is 0 Å². The molecular weight excluding hydrogens is 280 g/mol. The molecule has 1 rings (SSSR count). The minimum Gasteiger partial charge on any atom is -0.462 e. The van der Waals surface area contributed by atoms with Crippen molar-refractivity contribution in [3.8, 4) is 0 Å². The second-order valence-electron chi connectivity index (χ2n) is 5.74. The summed E-state index contributed by atoms with van der Waals surface area (Å²) in [7, 11) is 0. The molecule has 1 aromatic carbocycles. The third-order valence-electron chi connectivity index (χ3n) is 3.27. The summed E-state index contributed by atoms with van der Waals surface area (Å²) in [5.41, 5.74) is 0.904. The molecule has 122 valence electrons. The van der Waals surface area contributed by atoms with Gasteiger partial charge in [-0.1, -0.05) is 33.6 Å². The summed E-state index contributed by atoms with van der Waals surface area (Å²) in [6.07, 6.45) is 3.86. The Balaban J connectivity index is 2.44. The fourth-order valence-corrected chi connectivity index (χ4v) is 1.81. The molecule has 0 aliphatic rings. The molecule has 0 aliphatic heterocycles. The molecule has 0 saturated carbocycles. The molecule has 0 atom stereocenters. The lowest BCUT2D eigenvalue weighted by Gasteiger charge is -2.07. The molecule has 0 spiro atoms. The van der Waals surface area contributed by atoms with Gasteiger partial charge < -0.3 is 9.47 Å². The lowest BCUT2D eigenvalue weighted by molar-refractivity contribution is 0.0477. The van der Waals surface area contributed by atoms with Gasteiger partial charge in [0.15, 0.2) is 0 Å². The van der Waals surface area contributed by atoms with Crippen molar-refractivity contribution in [1.82, 2.24) is 0 Å². The van der Waals surface area contributed by atoms with Gasteiger partial charge in [0.05, 0.1) is 24.3 Å². The van der Waals surface area contributed by atoms with Gasteiger partial charge in [-0.05, 0) is 43.0 Å². The molecule has 0 radical (unpaired) electrons. The monoisotopic (exact) mass is 306 g/mol. The second kappa shape index (κ2) is 9.98. The lowest BCUT2D eigenvalue weighted by Crippen LogP contribution is -2.10. The van der Waals surface area contributed by atoms with Crippen molar-refractivity contribution in [2.75, 3.05) is 13.2 Å². The molecule has 0 unspecified atom stereocenters. The van der Waals surface area contributed by atoms with Crippen molar-refractivity contribution in [2.24, 2.45) is 5.92 Å². The van der Waals surface area contributed by atoms with Crippen molar-refractivity contribution >= 4 is 11.9 Å². The molecule has 4 nitrogen and oxygen atoms in total. The Morgan fingerprint density at radius 2 is 1.41 bits per heavy atom. The number of esters is 2. The summed E-state index contributed by atoms with van der Waals surface area (Å²) in [5.74, 6) is -0.211. The van der Waals surface area contributed by atoms with Crippen molar-refractivity contribution in [1.29, 1.82) is 0 Å². The van der Waals surface area contributed by atoms with E-state index in [4.69, 9.17) is 9.47 Å². The van der Waals surface area contributed by atoms with Gasteiger partial charge in [-0.2, -0.15) is 0 Å². The van der Waals surface area contributed by atoms with Crippen LogP contribution in [0.1, 0.15) is 67.2 Å². The largest absolute Gasteiger partial charge is 0.462 e. The molecule has 0 aromatic heterocycles. The van der Waals surface area contributed by atoms with E-state index in [1.807, 2.05) is 0 Å². The highest BCUT2D eigenvalue weighted by atomic mass is 16.5. The van der Waals surface area contributed by atoms with E-state index in [1.165, 1.54) is 0 Å². The van der Waals surface area contributed by atoms with E-state index < -0.39 is 0 Å². The molecule has 0 amide bonds. The molecule has 22 heavy (non-hydrogen) atoms. The summed E-state index contributed by atoms with van der Waals surface area (Å²) in [6.45, 7) is 7.10. The molecular formula is C18H26O4. The fourth-order valence-electron chi connectivity index (χ4n) is 1.81. The summed E-state index contributed by atoms with van der Waals surface area (Å²) in [5, 5.41) is 0. The first-order chi connectivity index (χ1) is 10.5. The van der Waals surface area contributed by atoms with Gasteiger partial charge >= 0.3 is 11.9 Å². The molecule has 0 N–H and O–H groups in total. The van der Waals surface area contributed by atoms with Crippen molar-refractivity contribution in [3.63, 3.8) is 0 Å². The van der Waals surface area contributed by atoms with Crippen LogP contribution in [0.25, 0.3) is 0 Å². The predicted octanol–water partition coefficient (Wildman–Crippen LogP) is 4.24. The maximum absolute atomic E-state index is 11.8. The van der Waals surface area contributed by atoms with Crippen LogP contribution in [0.5, 0.6) is 0 Å². The first-order valence-electron chi connectivity index (χ1n) is 7.99. The Morgan fingerprint density at radius 1 is 0.909 bits per heavy atom. The van der Waals surface area contributed by atoms with E-state index >= 15 is 0 Å². The molecule has 1 aromatic rings. The molecule has 0 heterocycles. The number of benzene rings is 1. The molecule has 4 heteroatoms. The summed E-state index contributed by atoms with van der Waals surface area (Å²) in [4.78, 5) is 23.6. The Hall–Kier alpha value is -1.84. The molecule has 0 saturated heterocycles. The topological polar surface area (TPSA) is 52.6 Å². The lowest BCUT2D eigenvalue weighted by atomic mass is 10.1. The smallest absolute Gasteiger partial charge is 0.338 e. The quantitative estimate of drug-likeness (QED) is 0.506. The highest BCUT2D eigenvalue weighted by molar-refractivity contribution is 5.93. The highest BCUT2D eigenvalue weighted by Gasteiger charge is 2.11. The third-order valence-corrected chi connectivity index (χ3v) is 3.27. The molecule has 0 bridgehead atoms. The van der Waals surface area contributed by atoms with E-state index in [0.29, 0.717) is 30.3 Å². The molecule has 0 fully saturated rings. The van der Waals surface area contributed by atoms with Gasteiger partial charge in [0.1, 0.15) is 0 Å². The van der Waals surface area contributed by atoms with Gasteiger partial charge in [0.2, 0.25) is 0 Å². The number of carbonyl (C=O) groups excluding carboxylic acids is 2. The van der Waals surface area contributed by atoms with E-state index in [-0.39, 0.29) is 11.9 Å². The standard InChI is InChI=1S/C18H26O4/c1-4-5-6-12-21-17(19)15-7-9-16(10-8-15)18(20)22-13-11-14(2)3/h7-10,14H,4-6,11-13H2,1-3H3. The number of hydrogen-bond donors (Lipinski definition) is 0. The summed E-state index contributed by atoms with van der Waals surface area (Å²) >= 11 is 0. The van der Waals surface area contributed by atoms with Crippen molar-refractivity contribution < 1.29 is 19.1 Å². The van der Waals surface area contributed by atoms with Crippen LogP contribution in [0, 0.1) is 5.92 Å². The van der Waals surface area contributed by atoms with Crippen LogP contribution in [0.3, 0.4) is 0 Å². The fraction of sp³-hybridized carbons (Fsp3) is 0.556. The van der Waals surface area contributed by atoms with Gasteiger partial charge in [-0.25, -0.2) is 9.59 Å². The summed E-state index contributed by atoms with van der Waals surface area (Å²) in [6, 6.07) is 6.39. The SMILES string of the molecule is CCCCCOC(=O)c1ccc(C(=O)OCCC(C)C)cc1. The number of ether oxygens (including phenoxy) is 2. The van der Waals surface area contributed by atoms with Crippen LogP contribution in [0.15, 0.2) is 24.3 Å². The third kappa shape index (κ3) is 6.74. The number of hydrogen-bond acceptors (Lipinski definition) is 4. The average molecular weight is 306 g/mol. The summed E-state index contributed by atoms with van der Waals surface area (Å²) < 4.78 is 10.3. The maximum Gasteiger partial charge on any atom is 0.338 e.